The second-order valence-electron chi connectivity index (χ2n) is 5.08. The fraction of sp³-hybridized carbons (Fsp3) is 0.500. The van der Waals surface area contributed by atoms with Crippen LogP contribution in [-0.2, 0) is 6.42 Å². The minimum atomic E-state index is 0.272. The monoisotopic (exact) mass is 289 g/mol. The number of aromatic nitrogens is 2. The van der Waals surface area contributed by atoms with E-state index in [0.717, 1.165) is 31.7 Å². The molecule has 21 heavy (non-hydrogen) atoms. The van der Waals surface area contributed by atoms with Gasteiger partial charge in [-0.05, 0) is 38.0 Å². The van der Waals surface area contributed by atoms with Gasteiger partial charge in [-0.15, -0.1) is 0 Å². The van der Waals surface area contributed by atoms with Crippen molar-refractivity contribution in [2.24, 2.45) is 0 Å². The molecule has 1 unspecified atom stereocenters. The topological polar surface area (TPSA) is 60.2 Å². The molecule has 0 saturated heterocycles. The highest BCUT2D eigenvalue weighted by Crippen LogP contribution is 2.17. The summed E-state index contributed by atoms with van der Waals surface area (Å²) in [6, 6.07) is 8.50. The van der Waals surface area contributed by atoms with Crippen molar-refractivity contribution in [3.05, 3.63) is 41.5 Å². The lowest BCUT2D eigenvalue weighted by Gasteiger charge is -2.14. The maximum Gasteiger partial charge on any atom is 0.227 e. The van der Waals surface area contributed by atoms with Gasteiger partial charge in [-0.2, -0.15) is 4.98 Å². The van der Waals surface area contributed by atoms with Crippen LogP contribution in [0.2, 0.25) is 0 Å². The molecular weight excluding hydrogens is 266 g/mol. The molecule has 0 aliphatic carbocycles. The lowest BCUT2D eigenvalue weighted by atomic mass is 10.1. The van der Waals surface area contributed by atoms with E-state index in [1.807, 2.05) is 19.1 Å². The number of benzene rings is 1. The van der Waals surface area contributed by atoms with Crippen LogP contribution < -0.4 is 10.1 Å². The number of hydrogen-bond acceptors (Lipinski definition) is 5. The van der Waals surface area contributed by atoms with E-state index in [4.69, 9.17) is 9.26 Å². The molecule has 0 saturated carbocycles. The first-order chi connectivity index (χ1) is 10.2. The van der Waals surface area contributed by atoms with E-state index in [0.29, 0.717) is 11.7 Å². The van der Waals surface area contributed by atoms with Crippen LogP contribution in [0.1, 0.15) is 43.6 Å². The molecule has 0 fully saturated rings. The Bertz CT molecular complexity index is 537. The third-order valence-corrected chi connectivity index (χ3v) is 3.21. The number of nitrogens with one attached hydrogen (secondary N) is 1. The summed E-state index contributed by atoms with van der Waals surface area (Å²) in [7, 11) is 0. The molecule has 0 radical (unpaired) electrons. The largest absolute Gasteiger partial charge is 0.494 e. The zero-order valence-corrected chi connectivity index (χ0v) is 12.9. The summed E-state index contributed by atoms with van der Waals surface area (Å²) in [5, 5.41) is 7.23. The highest BCUT2D eigenvalue weighted by Gasteiger charge is 2.07. The predicted octanol–water partition coefficient (Wildman–Crippen LogP) is 3.06. The summed E-state index contributed by atoms with van der Waals surface area (Å²) in [6.45, 7) is 7.63. The summed E-state index contributed by atoms with van der Waals surface area (Å²) >= 11 is 0. The van der Waals surface area contributed by atoms with Crippen LogP contribution in [0.5, 0.6) is 5.75 Å². The van der Waals surface area contributed by atoms with Gasteiger partial charge in [-0.3, -0.25) is 0 Å². The quantitative estimate of drug-likeness (QED) is 0.809. The van der Waals surface area contributed by atoms with E-state index in [2.05, 4.69) is 41.4 Å². The maximum atomic E-state index is 5.58. The fourth-order valence-corrected chi connectivity index (χ4v) is 2.03. The molecule has 5 nitrogen and oxygen atoms in total. The molecule has 0 amide bonds. The van der Waals surface area contributed by atoms with Crippen LogP contribution in [0, 0.1) is 6.92 Å². The molecule has 2 aromatic rings. The molecule has 0 aliphatic heterocycles. The molecule has 0 aliphatic rings. The van der Waals surface area contributed by atoms with Gasteiger partial charge in [0.15, 0.2) is 5.82 Å². The second-order valence-corrected chi connectivity index (χ2v) is 5.08. The Kier molecular flexibility index (Phi) is 5.75. The molecule has 1 heterocycles. The van der Waals surface area contributed by atoms with Crippen LogP contribution >= 0.6 is 0 Å². The Hall–Kier alpha value is -1.88. The lowest BCUT2D eigenvalue weighted by molar-refractivity contribution is 0.317. The minimum absolute atomic E-state index is 0.272. The highest BCUT2D eigenvalue weighted by molar-refractivity contribution is 5.28. The molecule has 114 valence electrons. The molecule has 1 N–H and O–H groups in total. The van der Waals surface area contributed by atoms with Crippen LogP contribution in [0.4, 0.5) is 0 Å². The van der Waals surface area contributed by atoms with Crippen molar-refractivity contribution in [3.8, 4) is 5.75 Å². The third-order valence-electron chi connectivity index (χ3n) is 3.21. The van der Waals surface area contributed by atoms with Gasteiger partial charge in [0.2, 0.25) is 5.89 Å². The van der Waals surface area contributed by atoms with Gasteiger partial charge in [0.05, 0.1) is 6.61 Å². The van der Waals surface area contributed by atoms with Crippen molar-refractivity contribution in [2.75, 3.05) is 13.2 Å². The van der Waals surface area contributed by atoms with E-state index >= 15 is 0 Å². The number of ether oxygens (including phenoxy) is 1. The van der Waals surface area contributed by atoms with Gasteiger partial charge in [0, 0.05) is 19.0 Å². The van der Waals surface area contributed by atoms with E-state index in [1.165, 1.54) is 5.56 Å². The van der Waals surface area contributed by atoms with E-state index in [9.17, 15) is 0 Å². The van der Waals surface area contributed by atoms with Crippen molar-refractivity contribution < 1.29 is 9.26 Å². The van der Waals surface area contributed by atoms with Crippen molar-refractivity contribution in [3.63, 3.8) is 0 Å². The van der Waals surface area contributed by atoms with Crippen molar-refractivity contribution in [1.29, 1.82) is 0 Å². The molecule has 1 aromatic heterocycles. The average Bonchev–Trinajstić information content (AvgIpc) is 2.91. The first kappa shape index (κ1) is 15.5. The Labute approximate surface area is 125 Å². The van der Waals surface area contributed by atoms with E-state index in [-0.39, 0.29) is 6.04 Å². The van der Waals surface area contributed by atoms with Gasteiger partial charge >= 0.3 is 0 Å². The predicted molar refractivity (Wildman–Crippen MR) is 81.4 cm³/mol. The third kappa shape index (κ3) is 4.86. The Morgan fingerprint density at radius 1 is 1.29 bits per heavy atom. The Morgan fingerprint density at radius 3 is 2.67 bits per heavy atom. The van der Waals surface area contributed by atoms with Crippen LogP contribution in [-0.4, -0.2) is 23.3 Å². The van der Waals surface area contributed by atoms with Crippen molar-refractivity contribution in [2.45, 2.75) is 39.7 Å². The smallest absolute Gasteiger partial charge is 0.227 e. The number of aryl methyl sites for hydroxylation is 1. The van der Waals surface area contributed by atoms with Gasteiger partial charge in [0.1, 0.15) is 5.75 Å². The standard InChI is InChI=1S/C16H23N3O2/c1-4-11-20-15-7-5-14(6-8-15)12(2)17-10-9-16-18-13(3)19-21-16/h5-8,12,17H,4,9-11H2,1-3H3. The van der Waals surface area contributed by atoms with Gasteiger partial charge in [-0.25, -0.2) is 0 Å². The van der Waals surface area contributed by atoms with Gasteiger partial charge in [-0.1, -0.05) is 24.2 Å². The van der Waals surface area contributed by atoms with Crippen LogP contribution in [0.3, 0.4) is 0 Å². The molecule has 1 aromatic carbocycles. The average molecular weight is 289 g/mol. The SMILES string of the molecule is CCCOc1ccc(C(C)NCCc2nc(C)no2)cc1. The van der Waals surface area contributed by atoms with Crippen molar-refractivity contribution >= 4 is 0 Å². The maximum absolute atomic E-state index is 5.58. The van der Waals surface area contributed by atoms with E-state index < -0.39 is 0 Å². The lowest BCUT2D eigenvalue weighted by Crippen LogP contribution is -2.21. The molecule has 1 atom stereocenters. The van der Waals surface area contributed by atoms with Gasteiger partial charge in [0.25, 0.3) is 0 Å². The van der Waals surface area contributed by atoms with E-state index in [1.54, 1.807) is 0 Å². The number of nitrogens with zero attached hydrogens (tertiary/aromatic N) is 2. The normalized spacial score (nSPS) is 12.3. The second kappa shape index (κ2) is 7.78. The highest BCUT2D eigenvalue weighted by atomic mass is 16.5. The summed E-state index contributed by atoms with van der Waals surface area (Å²) in [6.07, 6.45) is 1.76. The molecule has 5 heteroatoms. The van der Waals surface area contributed by atoms with Crippen LogP contribution in [0.25, 0.3) is 0 Å². The number of hydrogen-bond donors (Lipinski definition) is 1. The first-order valence-electron chi connectivity index (χ1n) is 7.44. The first-order valence-corrected chi connectivity index (χ1v) is 7.44. The summed E-state index contributed by atoms with van der Waals surface area (Å²) in [5.74, 6) is 2.28. The van der Waals surface area contributed by atoms with Crippen LogP contribution in [0.15, 0.2) is 28.8 Å². The zero-order chi connectivity index (χ0) is 15.1. The minimum Gasteiger partial charge on any atom is -0.494 e. The Balaban J connectivity index is 1.78. The zero-order valence-electron chi connectivity index (χ0n) is 12.9. The van der Waals surface area contributed by atoms with Gasteiger partial charge < -0.3 is 14.6 Å². The fourth-order valence-electron chi connectivity index (χ4n) is 2.03. The summed E-state index contributed by atoms with van der Waals surface area (Å²) in [5.41, 5.74) is 1.24. The Morgan fingerprint density at radius 2 is 2.05 bits per heavy atom. The molecular formula is C16H23N3O2. The molecule has 2 rings (SSSR count). The summed E-state index contributed by atoms with van der Waals surface area (Å²) in [4.78, 5) is 4.19. The van der Waals surface area contributed by atoms with Crippen molar-refractivity contribution in [1.82, 2.24) is 15.5 Å². The molecule has 0 spiro atoms. The summed E-state index contributed by atoms with van der Waals surface area (Å²) < 4.78 is 10.7. The molecule has 0 bridgehead atoms. The number of rotatable bonds is 8.